The summed E-state index contributed by atoms with van der Waals surface area (Å²) in [6.07, 6.45) is 5.62. The zero-order valence-electron chi connectivity index (χ0n) is 16.2. The number of rotatable bonds is 6. The molecule has 5 nitrogen and oxygen atoms in total. The van der Waals surface area contributed by atoms with Gasteiger partial charge in [-0.3, -0.25) is 9.78 Å². The lowest BCUT2D eigenvalue weighted by molar-refractivity contribution is 0.320. The molecule has 3 heterocycles. The summed E-state index contributed by atoms with van der Waals surface area (Å²) in [5.41, 5.74) is 3.10. The average Bonchev–Trinajstić information content (AvgIpc) is 3.22. The van der Waals surface area contributed by atoms with Crippen molar-refractivity contribution >= 4 is 0 Å². The summed E-state index contributed by atoms with van der Waals surface area (Å²) in [7, 11) is 0. The predicted octanol–water partition coefficient (Wildman–Crippen LogP) is 3.82. The zero-order valence-corrected chi connectivity index (χ0v) is 16.2. The first kappa shape index (κ1) is 18.6. The molecular formula is C23H26N4O. The molecule has 1 fully saturated rings. The number of benzene rings is 1. The summed E-state index contributed by atoms with van der Waals surface area (Å²) in [5, 5.41) is 0. The smallest absolute Gasteiger partial charge is 0.251 e. The van der Waals surface area contributed by atoms with Gasteiger partial charge in [-0.05, 0) is 49.5 Å². The van der Waals surface area contributed by atoms with Gasteiger partial charge in [-0.15, -0.1) is 0 Å². The van der Waals surface area contributed by atoms with Crippen molar-refractivity contribution in [1.29, 1.82) is 0 Å². The van der Waals surface area contributed by atoms with Crippen LogP contribution in [0.4, 0.5) is 0 Å². The highest BCUT2D eigenvalue weighted by Crippen LogP contribution is 2.27. The Labute approximate surface area is 165 Å². The van der Waals surface area contributed by atoms with Crippen molar-refractivity contribution in [1.82, 2.24) is 19.9 Å². The van der Waals surface area contributed by atoms with Crippen LogP contribution in [-0.4, -0.2) is 39.5 Å². The summed E-state index contributed by atoms with van der Waals surface area (Å²) in [4.78, 5) is 26.3. The third-order valence-electron chi connectivity index (χ3n) is 5.65. The molecule has 1 saturated heterocycles. The SMILES string of the molecule is CC(CCN1CCC(c2cc(=O)[nH]c(-c3ccncc3)n2)C1)c1ccccc1. The first-order valence-electron chi connectivity index (χ1n) is 9.98. The van der Waals surface area contributed by atoms with E-state index < -0.39 is 0 Å². The minimum atomic E-state index is -0.0898. The minimum Gasteiger partial charge on any atom is -0.307 e. The number of nitrogens with one attached hydrogen (secondary N) is 1. The molecule has 2 unspecified atom stereocenters. The van der Waals surface area contributed by atoms with Gasteiger partial charge in [0.15, 0.2) is 0 Å². The van der Waals surface area contributed by atoms with Crippen molar-refractivity contribution in [3.05, 3.63) is 82.5 Å². The maximum absolute atomic E-state index is 12.2. The molecule has 5 heteroatoms. The Balaban J connectivity index is 1.40. The number of pyridine rings is 1. The van der Waals surface area contributed by atoms with E-state index in [9.17, 15) is 4.79 Å². The van der Waals surface area contributed by atoms with Gasteiger partial charge in [0.05, 0.1) is 5.69 Å². The lowest BCUT2D eigenvalue weighted by Crippen LogP contribution is -2.23. The van der Waals surface area contributed by atoms with E-state index in [2.05, 4.69) is 52.1 Å². The lowest BCUT2D eigenvalue weighted by Gasteiger charge is -2.19. The first-order chi connectivity index (χ1) is 13.7. The number of nitrogens with zero attached hydrogens (tertiary/aromatic N) is 3. The van der Waals surface area contributed by atoms with Gasteiger partial charge in [0.25, 0.3) is 5.56 Å². The Morgan fingerprint density at radius 3 is 2.75 bits per heavy atom. The normalized spacial score (nSPS) is 18.2. The Kier molecular flexibility index (Phi) is 5.63. The molecule has 2 aromatic heterocycles. The van der Waals surface area contributed by atoms with E-state index in [4.69, 9.17) is 4.98 Å². The second kappa shape index (κ2) is 8.48. The van der Waals surface area contributed by atoms with E-state index in [0.29, 0.717) is 17.7 Å². The molecule has 144 valence electrons. The molecule has 28 heavy (non-hydrogen) atoms. The van der Waals surface area contributed by atoms with Crippen LogP contribution >= 0.6 is 0 Å². The van der Waals surface area contributed by atoms with E-state index in [-0.39, 0.29) is 5.56 Å². The minimum absolute atomic E-state index is 0.0898. The highest BCUT2D eigenvalue weighted by molar-refractivity contribution is 5.53. The largest absolute Gasteiger partial charge is 0.307 e. The standard InChI is InChI=1S/C23H26N4O/c1-17(18-5-3-2-4-6-18)9-13-27-14-10-20(16-27)21-15-22(28)26-23(25-21)19-7-11-24-12-8-19/h2-8,11-12,15,17,20H,9-10,13-14,16H2,1H3,(H,25,26,28). The van der Waals surface area contributed by atoms with Crippen LogP contribution in [0.3, 0.4) is 0 Å². The molecule has 2 atom stereocenters. The lowest BCUT2D eigenvalue weighted by atomic mass is 9.98. The maximum Gasteiger partial charge on any atom is 0.251 e. The van der Waals surface area contributed by atoms with Gasteiger partial charge >= 0.3 is 0 Å². The van der Waals surface area contributed by atoms with Gasteiger partial charge in [-0.25, -0.2) is 4.98 Å². The van der Waals surface area contributed by atoms with E-state index in [1.807, 2.05) is 12.1 Å². The summed E-state index contributed by atoms with van der Waals surface area (Å²) in [6.45, 7) is 5.40. The number of likely N-dealkylation sites (tertiary alicyclic amines) is 1. The van der Waals surface area contributed by atoms with Crippen molar-refractivity contribution in [2.75, 3.05) is 19.6 Å². The summed E-state index contributed by atoms with van der Waals surface area (Å²) < 4.78 is 0. The van der Waals surface area contributed by atoms with Crippen LogP contribution in [0.5, 0.6) is 0 Å². The third-order valence-corrected chi connectivity index (χ3v) is 5.65. The number of aromatic amines is 1. The Morgan fingerprint density at radius 2 is 1.96 bits per heavy atom. The first-order valence-corrected chi connectivity index (χ1v) is 9.98. The number of hydrogen-bond donors (Lipinski definition) is 1. The highest BCUT2D eigenvalue weighted by Gasteiger charge is 2.26. The van der Waals surface area contributed by atoms with Gasteiger partial charge in [-0.2, -0.15) is 0 Å². The van der Waals surface area contributed by atoms with Crippen LogP contribution in [-0.2, 0) is 0 Å². The molecule has 1 aliphatic rings. The van der Waals surface area contributed by atoms with Gasteiger partial charge < -0.3 is 9.88 Å². The Hall–Kier alpha value is -2.79. The van der Waals surface area contributed by atoms with Crippen molar-refractivity contribution in [3.8, 4) is 11.4 Å². The van der Waals surface area contributed by atoms with Crippen molar-refractivity contribution in [2.24, 2.45) is 0 Å². The molecule has 0 radical (unpaired) electrons. The molecule has 1 aromatic carbocycles. The van der Waals surface area contributed by atoms with Crippen molar-refractivity contribution in [3.63, 3.8) is 0 Å². The Morgan fingerprint density at radius 1 is 1.18 bits per heavy atom. The molecule has 0 aliphatic carbocycles. The van der Waals surface area contributed by atoms with E-state index in [0.717, 1.165) is 43.7 Å². The molecular weight excluding hydrogens is 348 g/mol. The van der Waals surface area contributed by atoms with E-state index in [1.54, 1.807) is 18.5 Å². The van der Waals surface area contributed by atoms with Gasteiger partial charge in [0.2, 0.25) is 0 Å². The van der Waals surface area contributed by atoms with Crippen LogP contribution in [0.2, 0.25) is 0 Å². The van der Waals surface area contributed by atoms with Crippen LogP contribution in [0, 0.1) is 0 Å². The summed E-state index contributed by atoms with van der Waals surface area (Å²) in [5.74, 6) is 1.49. The fraction of sp³-hybridized carbons (Fsp3) is 0.348. The second-order valence-electron chi connectivity index (χ2n) is 7.64. The fourth-order valence-electron chi connectivity index (χ4n) is 3.93. The van der Waals surface area contributed by atoms with E-state index in [1.165, 1.54) is 5.56 Å². The fourth-order valence-corrected chi connectivity index (χ4v) is 3.93. The molecule has 0 amide bonds. The average molecular weight is 374 g/mol. The van der Waals surface area contributed by atoms with Crippen molar-refractivity contribution < 1.29 is 0 Å². The monoisotopic (exact) mass is 374 g/mol. The molecule has 0 spiro atoms. The van der Waals surface area contributed by atoms with Crippen LogP contribution in [0.1, 0.15) is 42.9 Å². The second-order valence-corrected chi connectivity index (χ2v) is 7.64. The quantitative estimate of drug-likeness (QED) is 0.713. The summed E-state index contributed by atoms with van der Waals surface area (Å²) >= 11 is 0. The predicted molar refractivity (Wildman–Crippen MR) is 111 cm³/mol. The van der Waals surface area contributed by atoms with Crippen LogP contribution in [0.25, 0.3) is 11.4 Å². The molecule has 3 aromatic rings. The molecule has 0 bridgehead atoms. The number of aromatic nitrogens is 3. The van der Waals surface area contributed by atoms with Crippen LogP contribution in [0.15, 0.2) is 65.7 Å². The number of hydrogen-bond acceptors (Lipinski definition) is 4. The summed E-state index contributed by atoms with van der Waals surface area (Å²) in [6, 6.07) is 16.1. The van der Waals surface area contributed by atoms with Crippen molar-refractivity contribution in [2.45, 2.75) is 31.6 Å². The maximum atomic E-state index is 12.2. The highest BCUT2D eigenvalue weighted by atomic mass is 16.1. The Bertz CT molecular complexity index is 955. The number of H-pyrrole nitrogens is 1. The van der Waals surface area contributed by atoms with Gasteiger partial charge in [0, 0.05) is 36.5 Å². The molecule has 1 aliphatic heterocycles. The topological polar surface area (TPSA) is 61.9 Å². The zero-order chi connectivity index (χ0) is 19.3. The molecule has 1 N–H and O–H groups in total. The molecule has 0 saturated carbocycles. The molecule has 4 rings (SSSR count). The van der Waals surface area contributed by atoms with E-state index >= 15 is 0 Å². The third kappa shape index (κ3) is 4.37. The van der Waals surface area contributed by atoms with Gasteiger partial charge in [-0.1, -0.05) is 37.3 Å². The van der Waals surface area contributed by atoms with Crippen LogP contribution < -0.4 is 5.56 Å². The van der Waals surface area contributed by atoms with Gasteiger partial charge in [0.1, 0.15) is 5.82 Å².